The number of unbranched alkanes of at least 4 members (excludes halogenated alkanes) is 1. The molecule has 0 aliphatic rings. The number of nitrogens with two attached hydrogens (primary N) is 1. The Morgan fingerprint density at radius 1 is 1.39 bits per heavy atom. The Balaban J connectivity index is 2.49. The maximum absolute atomic E-state index is 5.57. The van der Waals surface area contributed by atoms with Crippen molar-refractivity contribution in [3.05, 3.63) is 29.8 Å². The second-order valence-electron chi connectivity index (χ2n) is 3.66. The Bertz CT molecular complexity index is 401. The maximum atomic E-state index is 5.57. The molecule has 2 N–H and O–H groups in total. The van der Waals surface area contributed by atoms with Crippen molar-refractivity contribution >= 4 is 23.1 Å². The lowest BCUT2D eigenvalue weighted by molar-refractivity contribution is 0.309. The predicted molar refractivity (Wildman–Crippen MR) is 79.6 cm³/mol. The summed E-state index contributed by atoms with van der Waals surface area (Å²) in [6.45, 7) is 2.90. The van der Waals surface area contributed by atoms with E-state index in [0.717, 1.165) is 30.8 Å². The van der Waals surface area contributed by atoms with Crippen molar-refractivity contribution in [2.75, 3.05) is 12.9 Å². The van der Waals surface area contributed by atoms with E-state index in [0.29, 0.717) is 5.17 Å². The summed E-state index contributed by atoms with van der Waals surface area (Å²) in [7, 11) is 0. The van der Waals surface area contributed by atoms with Gasteiger partial charge in [-0.15, -0.1) is 5.10 Å². The molecule has 1 aromatic rings. The van der Waals surface area contributed by atoms with Crippen LogP contribution < -0.4 is 10.5 Å². The molecule has 0 heterocycles. The molecule has 0 spiro atoms. The zero-order valence-corrected chi connectivity index (χ0v) is 11.6. The number of benzene rings is 1. The van der Waals surface area contributed by atoms with Gasteiger partial charge in [-0.1, -0.05) is 25.1 Å². The third kappa shape index (κ3) is 5.72. The summed E-state index contributed by atoms with van der Waals surface area (Å²) in [5, 5.41) is 8.16. The number of hydrogen-bond acceptors (Lipinski definition) is 4. The molecule has 5 heteroatoms. The van der Waals surface area contributed by atoms with Crippen LogP contribution in [0.2, 0.25) is 0 Å². The minimum absolute atomic E-state index is 0.450. The van der Waals surface area contributed by atoms with Crippen LogP contribution >= 0.6 is 11.8 Å². The van der Waals surface area contributed by atoms with Crippen LogP contribution in [0.1, 0.15) is 25.3 Å². The largest absolute Gasteiger partial charge is 0.494 e. The summed E-state index contributed by atoms with van der Waals surface area (Å²) < 4.78 is 5.57. The molecule has 1 aromatic carbocycles. The molecule has 1 rings (SSSR count). The Kier molecular flexibility index (Phi) is 6.94. The van der Waals surface area contributed by atoms with E-state index in [4.69, 9.17) is 10.5 Å². The van der Waals surface area contributed by atoms with Crippen molar-refractivity contribution in [1.82, 2.24) is 0 Å². The van der Waals surface area contributed by atoms with Gasteiger partial charge in [0.05, 0.1) is 12.8 Å². The molecule has 0 unspecified atom stereocenters. The first-order valence-electron chi connectivity index (χ1n) is 5.89. The molecule has 0 radical (unpaired) electrons. The Morgan fingerprint density at radius 2 is 2.11 bits per heavy atom. The molecule has 18 heavy (non-hydrogen) atoms. The van der Waals surface area contributed by atoms with Gasteiger partial charge in [-0.05, 0) is 42.5 Å². The van der Waals surface area contributed by atoms with Crippen molar-refractivity contribution in [3.8, 4) is 5.75 Å². The van der Waals surface area contributed by atoms with Gasteiger partial charge in [0.15, 0.2) is 5.17 Å². The Hall–Kier alpha value is -1.49. The SMILES string of the molecule is CCCCOc1ccc(/C=N\N=C(/N)SC)cc1. The van der Waals surface area contributed by atoms with Gasteiger partial charge in [-0.2, -0.15) is 5.10 Å². The van der Waals surface area contributed by atoms with E-state index in [2.05, 4.69) is 17.1 Å². The zero-order chi connectivity index (χ0) is 13.2. The van der Waals surface area contributed by atoms with Gasteiger partial charge in [0.2, 0.25) is 0 Å². The molecular weight excluding hydrogens is 246 g/mol. The van der Waals surface area contributed by atoms with E-state index in [1.807, 2.05) is 30.5 Å². The number of rotatable bonds is 6. The van der Waals surface area contributed by atoms with Gasteiger partial charge in [-0.3, -0.25) is 0 Å². The smallest absolute Gasteiger partial charge is 0.180 e. The number of nitrogens with zero attached hydrogens (tertiary/aromatic N) is 2. The molecule has 0 bridgehead atoms. The number of hydrogen-bond donors (Lipinski definition) is 1. The second-order valence-corrected chi connectivity index (χ2v) is 4.48. The summed E-state index contributed by atoms with van der Waals surface area (Å²) >= 11 is 1.37. The topological polar surface area (TPSA) is 60.0 Å². The van der Waals surface area contributed by atoms with Gasteiger partial charge >= 0.3 is 0 Å². The average molecular weight is 265 g/mol. The van der Waals surface area contributed by atoms with E-state index in [9.17, 15) is 0 Å². The summed E-state index contributed by atoms with van der Waals surface area (Å²) in [4.78, 5) is 0. The lowest BCUT2D eigenvalue weighted by Crippen LogP contribution is -2.03. The van der Waals surface area contributed by atoms with Crippen molar-refractivity contribution < 1.29 is 4.74 Å². The summed E-state index contributed by atoms with van der Waals surface area (Å²) in [5.74, 6) is 0.882. The molecule has 98 valence electrons. The first-order chi connectivity index (χ1) is 8.76. The van der Waals surface area contributed by atoms with E-state index in [1.54, 1.807) is 6.21 Å². The highest BCUT2D eigenvalue weighted by atomic mass is 32.2. The molecule has 4 nitrogen and oxygen atoms in total. The molecule has 0 saturated carbocycles. The van der Waals surface area contributed by atoms with Gasteiger partial charge in [0.1, 0.15) is 5.75 Å². The van der Waals surface area contributed by atoms with Gasteiger partial charge in [0.25, 0.3) is 0 Å². The van der Waals surface area contributed by atoms with Crippen molar-refractivity contribution in [1.29, 1.82) is 0 Å². The lowest BCUT2D eigenvalue weighted by Gasteiger charge is -2.04. The maximum Gasteiger partial charge on any atom is 0.180 e. The highest BCUT2D eigenvalue weighted by Crippen LogP contribution is 2.11. The summed E-state index contributed by atoms with van der Waals surface area (Å²) in [6.07, 6.45) is 5.74. The second kappa shape index (κ2) is 8.58. The monoisotopic (exact) mass is 265 g/mol. The normalized spacial score (nSPS) is 12.0. The first kappa shape index (κ1) is 14.6. The number of thioether (sulfide) groups is 1. The minimum Gasteiger partial charge on any atom is -0.494 e. The minimum atomic E-state index is 0.450. The van der Waals surface area contributed by atoms with Crippen LogP contribution in [-0.4, -0.2) is 24.2 Å². The van der Waals surface area contributed by atoms with Crippen LogP contribution in [-0.2, 0) is 0 Å². The van der Waals surface area contributed by atoms with E-state index >= 15 is 0 Å². The summed E-state index contributed by atoms with van der Waals surface area (Å²) in [5.41, 5.74) is 6.48. The van der Waals surface area contributed by atoms with Crippen molar-refractivity contribution in [2.24, 2.45) is 15.9 Å². The number of ether oxygens (including phenoxy) is 1. The molecule has 0 amide bonds. The highest BCUT2D eigenvalue weighted by Gasteiger charge is 1.93. The zero-order valence-electron chi connectivity index (χ0n) is 10.8. The number of amidine groups is 1. The molecule has 0 atom stereocenters. The molecule has 0 fully saturated rings. The standard InChI is InChI=1S/C13H19N3OS/c1-3-4-9-17-12-7-5-11(6-8-12)10-15-16-13(14)18-2/h5-8,10H,3-4,9H2,1-2H3,(H2,14,16)/b15-10-. The fraction of sp³-hybridized carbons (Fsp3) is 0.385. The van der Waals surface area contributed by atoms with Crippen LogP contribution in [0.25, 0.3) is 0 Å². The molecule has 0 aliphatic heterocycles. The van der Waals surface area contributed by atoms with Crippen LogP contribution in [0.5, 0.6) is 5.75 Å². The van der Waals surface area contributed by atoms with E-state index in [-0.39, 0.29) is 0 Å². The molecule has 0 aromatic heterocycles. The van der Waals surface area contributed by atoms with Gasteiger partial charge in [-0.25, -0.2) is 0 Å². The fourth-order valence-corrected chi connectivity index (χ4v) is 1.31. The van der Waals surface area contributed by atoms with Crippen LogP contribution in [0.3, 0.4) is 0 Å². The third-order valence-corrected chi connectivity index (χ3v) is 2.72. The molecule has 0 aliphatic carbocycles. The third-order valence-electron chi connectivity index (χ3n) is 2.22. The van der Waals surface area contributed by atoms with Crippen molar-refractivity contribution in [3.63, 3.8) is 0 Å². The predicted octanol–water partition coefficient (Wildman–Crippen LogP) is 2.88. The summed E-state index contributed by atoms with van der Waals surface area (Å²) in [6, 6.07) is 7.74. The van der Waals surface area contributed by atoms with E-state index < -0.39 is 0 Å². The molecule has 0 saturated heterocycles. The fourth-order valence-electron chi connectivity index (χ4n) is 1.18. The van der Waals surface area contributed by atoms with Gasteiger partial charge in [0, 0.05) is 0 Å². The first-order valence-corrected chi connectivity index (χ1v) is 7.12. The quantitative estimate of drug-likeness (QED) is 0.372. The Morgan fingerprint density at radius 3 is 2.72 bits per heavy atom. The average Bonchev–Trinajstić information content (AvgIpc) is 2.40. The van der Waals surface area contributed by atoms with Gasteiger partial charge < -0.3 is 10.5 Å². The Labute approximate surface area is 112 Å². The van der Waals surface area contributed by atoms with Crippen LogP contribution in [0.15, 0.2) is 34.5 Å². The van der Waals surface area contributed by atoms with Crippen molar-refractivity contribution in [2.45, 2.75) is 19.8 Å². The highest BCUT2D eigenvalue weighted by molar-refractivity contribution is 8.13. The van der Waals surface area contributed by atoms with Crippen LogP contribution in [0.4, 0.5) is 0 Å². The molecular formula is C13H19N3OS. The lowest BCUT2D eigenvalue weighted by atomic mass is 10.2. The van der Waals surface area contributed by atoms with Crippen LogP contribution in [0, 0.1) is 0 Å². The van der Waals surface area contributed by atoms with E-state index in [1.165, 1.54) is 11.8 Å².